The molecule has 1 aromatic rings. The number of carbonyl (C=O) groups excluding carboxylic acids is 2. The molecular formula is C23H31N5O4S. The zero-order valence-electron chi connectivity index (χ0n) is 18.5. The first-order valence-corrected chi connectivity index (χ1v) is 13.1. The van der Waals surface area contributed by atoms with Gasteiger partial charge in [-0.3, -0.25) is 23.0 Å². The van der Waals surface area contributed by atoms with Crippen LogP contribution in [0, 0.1) is 34.5 Å². The Bertz CT molecular complexity index is 995. The van der Waals surface area contributed by atoms with Gasteiger partial charge in [-0.1, -0.05) is 12.1 Å². The van der Waals surface area contributed by atoms with Crippen LogP contribution in [0.15, 0.2) is 24.3 Å². The average molecular weight is 474 g/mol. The van der Waals surface area contributed by atoms with Crippen molar-refractivity contribution in [2.45, 2.75) is 44.6 Å². The van der Waals surface area contributed by atoms with Gasteiger partial charge in [-0.05, 0) is 79.4 Å². The number of nitrogens with one attached hydrogen (secondary N) is 1. The van der Waals surface area contributed by atoms with E-state index in [0.717, 1.165) is 32.1 Å². The summed E-state index contributed by atoms with van der Waals surface area (Å²) in [6.07, 6.45) is 5.00. The first-order valence-electron chi connectivity index (χ1n) is 11.6. The van der Waals surface area contributed by atoms with Crippen molar-refractivity contribution in [3.63, 3.8) is 0 Å². The maximum Gasteiger partial charge on any atom is 0.236 e. The summed E-state index contributed by atoms with van der Waals surface area (Å²) in [6, 6.07) is 8.92. The standard InChI is InChI=1S/C23H31N5O4S/c24-13-16-4-1-2-5-19(16)28-7-3-6-27(33(28,31)32)14-20(29)26-21-17-8-15-9-18(21)12-23(10-15,11-17)22(25)30/h1-2,4-5,15,17-18,21,31-32H,3,6-12,14H2,(H2,25,30)(H,26,29). The fourth-order valence-corrected chi connectivity index (χ4v) is 8.67. The first kappa shape index (κ1) is 22.5. The monoisotopic (exact) mass is 473 g/mol. The molecule has 5 N–H and O–H groups in total. The highest BCUT2D eigenvalue weighted by molar-refractivity contribution is 8.23. The molecule has 0 aromatic heterocycles. The maximum absolute atomic E-state index is 13.0. The molecule has 10 heteroatoms. The van der Waals surface area contributed by atoms with E-state index in [0.29, 0.717) is 36.7 Å². The van der Waals surface area contributed by atoms with Gasteiger partial charge < -0.3 is 11.1 Å². The molecule has 4 aliphatic carbocycles. The fraction of sp³-hybridized carbons (Fsp3) is 0.609. The van der Waals surface area contributed by atoms with Crippen LogP contribution in [-0.4, -0.2) is 50.9 Å². The second-order valence-corrected chi connectivity index (χ2v) is 12.1. The minimum Gasteiger partial charge on any atom is -0.369 e. The van der Waals surface area contributed by atoms with Crippen LogP contribution in [0.2, 0.25) is 0 Å². The number of hydrogen-bond acceptors (Lipinski definition) is 7. The fourth-order valence-electron chi connectivity index (χ4n) is 6.93. The molecule has 6 rings (SSSR count). The third-order valence-electron chi connectivity index (χ3n) is 8.15. The van der Waals surface area contributed by atoms with Crippen LogP contribution in [0.25, 0.3) is 0 Å². The SMILES string of the molecule is N#Cc1ccccc1N1CCCN(CC(=O)NC2C3CC4CC2CC(C(N)=O)(C4)C3)S1(O)O. The number of carbonyl (C=O) groups is 2. The molecule has 4 saturated carbocycles. The number of anilines is 1. The van der Waals surface area contributed by atoms with Crippen molar-refractivity contribution >= 4 is 28.5 Å². The number of benzene rings is 1. The van der Waals surface area contributed by atoms with Gasteiger partial charge in [-0.25, -0.2) is 0 Å². The van der Waals surface area contributed by atoms with Gasteiger partial charge in [0.1, 0.15) is 6.07 Å². The Morgan fingerprint density at radius 2 is 1.88 bits per heavy atom. The Hall–Kier alpha value is -2.32. The summed E-state index contributed by atoms with van der Waals surface area (Å²) in [7, 11) is -3.43. The van der Waals surface area contributed by atoms with E-state index in [1.807, 2.05) is 0 Å². The number of primary amides is 1. The van der Waals surface area contributed by atoms with Crippen LogP contribution in [0.5, 0.6) is 0 Å². The van der Waals surface area contributed by atoms with Gasteiger partial charge in [-0.15, -0.1) is 0 Å². The van der Waals surface area contributed by atoms with Crippen molar-refractivity contribution in [3.05, 3.63) is 29.8 Å². The summed E-state index contributed by atoms with van der Waals surface area (Å²) in [4.78, 5) is 25.2. The number of rotatable bonds is 5. The molecule has 4 bridgehead atoms. The van der Waals surface area contributed by atoms with Crippen molar-refractivity contribution in [2.75, 3.05) is 23.9 Å². The highest BCUT2D eigenvalue weighted by Crippen LogP contribution is 2.60. The van der Waals surface area contributed by atoms with Crippen molar-refractivity contribution in [1.82, 2.24) is 9.62 Å². The molecule has 1 aliphatic heterocycles. The van der Waals surface area contributed by atoms with Crippen molar-refractivity contribution in [2.24, 2.45) is 28.9 Å². The molecule has 2 unspecified atom stereocenters. The molecule has 178 valence electrons. The molecule has 1 aromatic carbocycles. The van der Waals surface area contributed by atoms with Gasteiger partial charge in [0, 0.05) is 24.5 Å². The van der Waals surface area contributed by atoms with Crippen LogP contribution in [0.4, 0.5) is 5.69 Å². The van der Waals surface area contributed by atoms with Crippen LogP contribution in [0.3, 0.4) is 0 Å². The van der Waals surface area contributed by atoms with E-state index in [-0.39, 0.29) is 36.2 Å². The van der Waals surface area contributed by atoms with E-state index in [4.69, 9.17) is 5.73 Å². The van der Waals surface area contributed by atoms with Gasteiger partial charge in [0.2, 0.25) is 11.8 Å². The van der Waals surface area contributed by atoms with Gasteiger partial charge in [-0.2, -0.15) is 9.57 Å². The van der Waals surface area contributed by atoms with Crippen LogP contribution in [-0.2, 0) is 9.59 Å². The van der Waals surface area contributed by atoms with E-state index < -0.39 is 16.4 Å². The Morgan fingerprint density at radius 3 is 2.55 bits per heavy atom. The summed E-state index contributed by atoms with van der Waals surface area (Å²) in [5, 5.41) is 12.6. The zero-order chi connectivity index (χ0) is 23.4. The van der Waals surface area contributed by atoms with E-state index in [9.17, 15) is 24.0 Å². The number of para-hydroxylation sites is 1. The van der Waals surface area contributed by atoms with Gasteiger partial charge in [0.05, 0.1) is 17.8 Å². The highest BCUT2D eigenvalue weighted by atomic mass is 32.3. The second kappa shape index (κ2) is 8.17. The number of nitriles is 1. The third kappa shape index (κ3) is 3.77. The van der Waals surface area contributed by atoms with Gasteiger partial charge in [0.25, 0.3) is 0 Å². The molecule has 1 saturated heterocycles. The highest BCUT2D eigenvalue weighted by Gasteiger charge is 2.58. The largest absolute Gasteiger partial charge is 0.369 e. The van der Waals surface area contributed by atoms with Crippen LogP contribution in [0.1, 0.15) is 44.1 Å². The third-order valence-corrected chi connectivity index (χ3v) is 10.1. The molecule has 2 amide bonds. The minimum atomic E-state index is -3.43. The molecule has 2 atom stereocenters. The Balaban J connectivity index is 1.28. The Labute approximate surface area is 195 Å². The molecule has 0 spiro atoms. The lowest BCUT2D eigenvalue weighted by Crippen LogP contribution is -2.62. The van der Waals surface area contributed by atoms with E-state index in [1.54, 1.807) is 24.3 Å². The molecule has 5 fully saturated rings. The predicted molar refractivity (Wildman–Crippen MR) is 125 cm³/mol. The zero-order valence-corrected chi connectivity index (χ0v) is 19.3. The van der Waals surface area contributed by atoms with Crippen molar-refractivity contribution in [3.8, 4) is 6.07 Å². The molecular weight excluding hydrogens is 442 g/mol. The van der Waals surface area contributed by atoms with E-state index in [2.05, 4.69) is 11.4 Å². The lowest BCUT2D eigenvalue weighted by Gasteiger charge is -2.59. The normalized spacial score (nSPS) is 35.6. The molecule has 5 aliphatic rings. The number of amides is 2. The van der Waals surface area contributed by atoms with Crippen LogP contribution < -0.4 is 15.4 Å². The molecule has 9 nitrogen and oxygen atoms in total. The Morgan fingerprint density at radius 1 is 1.18 bits per heavy atom. The van der Waals surface area contributed by atoms with E-state index in [1.165, 1.54) is 8.61 Å². The summed E-state index contributed by atoms with van der Waals surface area (Å²) in [6.45, 7) is 0.641. The van der Waals surface area contributed by atoms with E-state index >= 15 is 0 Å². The number of nitrogens with two attached hydrogens (primary N) is 1. The average Bonchev–Trinajstić information content (AvgIpc) is 2.77. The summed E-state index contributed by atoms with van der Waals surface area (Å²) in [5.74, 6) is 0.551. The topological polar surface area (TPSA) is 143 Å². The maximum atomic E-state index is 13.0. The molecule has 33 heavy (non-hydrogen) atoms. The number of nitrogens with zero attached hydrogens (tertiary/aromatic N) is 3. The number of hydrogen-bond donors (Lipinski definition) is 4. The molecule has 1 heterocycles. The Kier molecular flexibility index (Phi) is 5.56. The predicted octanol–water partition coefficient (Wildman–Crippen LogP) is 2.45. The lowest BCUT2D eigenvalue weighted by atomic mass is 9.47. The lowest BCUT2D eigenvalue weighted by molar-refractivity contribution is -0.147. The summed E-state index contributed by atoms with van der Waals surface area (Å²) < 4.78 is 25.0. The smallest absolute Gasteiger partial charge is 0.236 e. The van der Waals surface area contributed by atoms with Crippen LogP contribution >= 0.6 is 11.0 Å². The molecule has 0 radical (unpaired) electrons. The van der Waals surface area contributed by atoms with Crippen molar-refractivity contribution in [1.29, 1.82) is 5.26 Å². The van der Waals surface area contributed by atoms with Gasteiger partial charge in [0.15, 0.2) is 0 Å². The van der Waals surface area contributed by atoms with Crippen molar-refractivity contribution < 1.29 is 18.7 Å². The quantitative estimate of drug-likeness (QED) is 0.514. The second-order valence-electron chi connectivity index (χ2n) is 10.1. The van der Waals surface area contributed by atoms with Gasteiger partial charge >= 0.3 is 0 Å². The summed E-state index contributed by atoms with van der Waals surface area (Å²) >= 11 is 0. The minimum absolute atomic E-state index is 0.00326. The first-order chi connectivity index (χ1) is 15.7. The summed E-state index contributed by atoms with van der Waals surface area (Å²) in [5.41, 5.74) is 6.18.